The summed E-state index contributed by atoms with van der Waals surface area (Å²) in [5, 5.41) is 3.28. The second kappa shape index (κ2) is 6.37. The molecule has 2 rings (SSSR count). The first-order valence-corrected chi connectivity index (χ1v) is 7.08. The lowest BCUT2D eigenvalue weighted by atomic mass is 9.86. The quantitative estimate of drug-likeness (QED) is 0.888. The summed E-state index contributed by atoms with van der Waals surface area (Å²) in [5.41, 5.74) is 1.99. The number of carbonyl (C=O) groups is 1. The molecular weight excluding hydrogens is 252 g/mol. The van der Waals surface area contributed by atoms with Crippen LogP contribution in [0.2, 0.25) is 0 Å². The van der Waals surface area contributed by atoms with Gasteiger partial charge in [-0.2, -0.15) is 0 Å². The molecule has 1 fully saturated rings. The van der Waals surface area contributed by atoms with E-state index in [1.165, 1.54) is 11.1 Å². The summed E-state index contributed by atoms with van der Waals surface area (Å²) in [6.07, 6.45) is 0.845. The van der Waals surface area contributed by atoms with Gasteiger partial charge in [0.25, 0.3) is 0 Å². The van der Waals surface area contributed by atoms with Crippen LogP contribution in [0.3, 0.4) is 0 Å². The Morgan fingerprint density at radius 1 is 1.50 bits per heavy atom. The van der Waals surface area contributed by atoms with Crippen molar-refractivity contribution in [3.8, 4) is 0 Å². The molecule has 1 aromatic rings. The molecule has 1 aliphatic rings. The number of amides is 1. The van der Waals surface area contributed by atoms with Gasteiger partial charge in [-0.3, -0.25) is 4.79 Å². The number of hydrogen-bond donors (Lipinski definition) is 1. The number of ether oxygens (including phenoxy) is 1. The predicted octanol–water partition coefficient (Wildman–Crippen LogP) is 1.58. The van der Waals surface area contributed by atoms with Crippen molar-refractivity contribution in [2.45, 2.75) is 19.9 Å². The molecule has 110 valence electrons. The number of rotatable bonds is 5. The van der Waals surface area contributed by atoms with Gasteiger partial charge < -0.3 is 15.0 Å². The monoisotopic (exact) mass is 276 g/mol. The van der Waals surface area contributed by atoms with E-state index in [0.717, 1.165) is 13.0 Å². The average molecular weight is 276 g/mol. The molecule has 1 saturated heterocycles. The van der Waals surface area contributed by atoms with Gasteiger partial charge in [0, 0.05) is 27.2 Å². The number of nitrogens with zero attached hydrogens (tertiary/aromatic N) is 1. The highest BCUT2D eigenvalue weighted by Gasteiger charge is 2.42. The SMILES string of the molecule is COCC1(C(=O)N(C)Cc2cccc(C)c2)CCNC1. The summed E-state index contributed by atoms with van der Waals surface area (Å²) in [4.78, 5) is 14.6. The zero-order chi connectivity index (χ0) is 14.6. The molecule has 0 spiro atoms. The molecule has 1 unspecified atom stereocenters. The van der Waals surface area contributed by atoms with Gasteiger partial charge in [-0.05, 0) is 25.5 Å². The van der Waals surface area contributed by atoms with Crippen LogP contribution in [-0.4, -0.2) is 44.7 Å². The van der Waals surface area contributed by atoms with Crippen molar-refractivity contribution >= 4 is 5.91 Å². The molecule has 0 aliphatic carbocycles. The van der Waals surface area contributed by atoms with Gasteiger partial charge in [0.15, 0.2) is 0 Å². The smallest absolute Gasteiger partial charge is 0.232 e. The average Bonchev–Trinajstić information content (AvgIpc) is 2.88. The minimum Gasteiger partial charge on any atom is -0.384 e. The van der Waals surface area contributed by atoms with Crippen LogP contribution >= 0.6 is 0 Å². The molecule has 0 radical (unpaired) electrons. The van der Waals surface area contributed by atoms with Gasteiger partial charge in [-0.1, -0.05) is 29.8 Å². The van der Waals surface area contributed by atoms with Gasteiger partial charge in [-0.15, -0.1) is 0 Å². The van der Waals surface area contributed by atoms with E-state index < -0.39 is 5.41 Å². The van der Waals surface area contributed by atoms with Crippen molar-refractivity contribution in [1.29, 1.82) is 0 Å². The summed E-state index contributed by atoms with van der Waals surface area (Å²) in [5.74, 6) is 0.172. The maximum atomic E-state index is 12.8. The lowest BCUT2D eigenvalue weighted by Crippen LogP contribution is -2.46. The van der Waals surface area contributed by atoms with Crippen LogP contribution < -0.4 is 5.32 Å². The third-order valence-electron chi connectivity index (χ3n) is 3.97. The largest absolute Gasteiger partial charge is 0.384 e. The summed E-state index contributed by atoms with van der Waals surface area (Å²) >= 11 is 0. The van der Waals surface area contributed by atoms with Gasteiger partial charge >= 0.3 is 0 Å². The molecule has 1 heterocycles. The molecule has 0 saturated carbocycles. The Morgan fingerprint density at radius 2 is 2.30 bits per heavy atom. The van der Waals surface area contributed by atoms with E-state index in [1.54, 1.807) is 7.11 Å². The van der Waals surface area contributed by atoms with Crippen molar-refractivity contribution in [3.05, 3.63) is 35.4 Å². The van der Waals surface area contributed by atoms with Gasteiger partial charge in [-0.25, -0.2) is 0 Å². The van der Waals surface area contributed by atoms with Crippen molar-refractivity contribution in [1.82, 2.24) is 10.2 Å². The van der Waals surface area contributed by atoms with Gasteiger partial charge in [0.1, 0.15) is 0 Å². The van der Waals surface area contributed by atoms with E-state index in [-0.39, 0.29) is 5.91 Å². The number of benzene rings is 1. The maximum absolute atomic E-state index is 12.8. The van der Waals surface area contributed by atoms with E-state index in [1.807, 2.05) is 18.0 Å². The van der Waals surface area contributed by atoms with Crippen molar-refractivity contribution in [2.75, 3.05) is 33.9 Å². The minimum atomic E-state index is -0.396. The molecule has 1 atom stereocenters. The highest BCUT2D eigenvalue weighted by Crippen LogP contribution is 2.28. The number of hydrogen-bond acceptors (Lipinski definition) is 3. The second-order valence-electron chi connectivity index (χ2n) is 5.79. The Balaban J connectivity index is 2.07. The van der Waals surface area contributed by atoms with Crippen LogP contribution in [0.5, 0.6) is 0 Å². The summed E-state index contributed by atoms with van der Waals surface area (Å²) in [6, 6.07) is 8.29. The molecule has 20 heavy (non-hydrogen) atoms. The number of aryl methyl sites for hydroxylation is 1. The Kier molecular flexibility index (Phi) is 4.78. The van der Waals surface area contributed by atoms with E-state index in [2.05, 4.69) is 30.4 Å². The fraction of sp³-hybridized carbons (Fsp3) is 0.562. The van der Waals surface area contributed by atoms with Crippen molar-refractivity contribution < 1.29 is 9.53 Å². The molecule has 4 nitrogen and oxygen atoms in total. The normalized spacial score (nSPS) is 21.9. The minimum absolute atomic E-state index is 0.172. The van der Waals surface area contributed by atoms with Crippen LogP contribution in [0.1, 0.15) is 17.5 Å². The first-order valence-electron chi connectivity index (χ1n) is 7.08. The molecule has 4 heteroatoms. The Labute approximate surface area is 121 Å². The van der Waals surface area contributed by atoms with Crippen LogP contribution in [0.4, 0.5) is 0 Å². The maximum Gasteiger partial charge on any atom is 0.232 e. The highest BCUT2D eigenvalue weighted by atomic mass is 16.5. The summed E-state index contributed by atoms with van der Waals surface area (Å²) in [6.45, 7) is 4.78. The van der Waals surface area contributed by atoms with E-state index in [9.17, 15) is 4.79 Å². The van der Waals surface area contributed by atoms with Crippen LogP contribution in [0, 0.1) is 12.3 Å². The van der Waals surface area contributed by atoms with Crippen molar-refractivity contribution in [3.63, 3.8) is 0 Å². The number of nitrogens with one attached hydrogen (secondary N) is 1. The van der Waals surface area contributed by atoms with Crippen LogP contribution in [0.25, 0.3) is 0 Å². The lowest BCUT2D eigenvalue weighted by molar-refractivity contribution is -0.143. The zero-order valence-corrected chi connectivity index (χ0v) is 12.6. The first-order chi connectivity index (χ1) is 9.57. The highest BCUT2D eigenvalue weighted by molar-refractivity contribution is 5.83. The van der Waals surface area contributed by atoms with Crippen molar-refractivity contribution in [2.24, 2.45) is 5.41 Å². The molecule has 0 bridgehead atoms. The Bertz CT molecular complexity index is 467. The van der Waals surface area contributed by atoms with E-state index >= 15 is 0 Å². The predicted molar refractivity (Wildman–Crippen MR) is 79.4 cm³/mol. The first kappa shape index (κ1) is 15.0. The molecule has 1 N–H and O–H groups in total. The topological polar surface area (TPSA) is 41.6 Å². The molecule has 1 aliphatic heterocycles. The number of carbonyl (C=O) groups excluding carboxylic acids is 1. The Hall–Kier alpha value is -1.39. The summed E-state index contributed by atoms with van der Waals surface area (Å²) in [7, 11) is 3.54. The van der Waals surface area contributed by atoms with E-state index in [4.69, 9.17) is 4.74 Å². The standard InChI is InChI=1S/C16H24N2O2/c1-13-5-4-6-14(9-13)10-18(2)15(19)16(12-20-3)7-8-17-11-16/h4-6,9,17H,7-8,10-12H2,1-3H3. The van der Waals surface area contributed by atoms with E-state index in [0.29, 0.717) is 19.7 Å². The third kappa shape index (κ3) is 3.19. The van der Waals surface area contributed by atoms with Gasteiger partial charge in [0.2, 0.25) is 5.91 Å². The molecular formula is C16H24N2O2. The lowest BCUT2D eigenvalue weighted by Gasteiger charge is -2.31. The number of methoxy groups -OCH3 is 1. The third-order valence-corrected chi connectivity index (χ3v) is 3.97. The molecule has 0 aromatic heterocycles. The van der Waals surface area contributed by atoms with Gasteiger partial charge in [0.05, 0.1) is 12.0 Å². The fourth-order valence-corrected chi connectivity index (χ4v) is 2.95. The zero-order valence-electron chi connectivity index (χ0n) is 12.6. The summed E-state index contributed by atoms with van der Waals surface area (Å²) < 4.78 is 5.28. The van der Waals surface area contributed by atoms with Crippen LogP contribution in [-0.2, 0) is 16.1 Å². The molecule has 1 aromatic carbocycles. The second-order valence-corrected chi connectivity index (χ2v) is 5.79. The van der Waals surface area contributed by atoms with Crippen LogP contribution in [0.15, 0.2) is 24.3 Å². The fourth-order valence-electron chi connectivity index (χ4n) is 2.95. The molecule has 1 amide bonds. The Morgan fingerprint density at radius 3 is 2.90 bits per heavy atom.